The molecule has 0 bridgehead atoms. The number of thioether (sulfide) groups is 1. The van der Waals surface area contributed by atoms with Crippen molar-refractivity contribution in [2.75, 3.05) is 17.6 Å². The van der Waals surface area contributed by atoms with Crippen molar-refractivity contribution in [3.63, 3.8) is 0 Å². The van der Waals surface area contributed by atoms with E-state index in [0.717, 1.165) is 45.2 Å². The summed E-state index contributed by atoms with van der Waals surface area (Å²) in [7, 11) is 0. The zero-order chi connectivity index (χ0) is 19.9. The van der Waals surface area contributed by atoms with Gasteiger partial charge in [0.2, 0.25) is 5.91 Å². The maximum absolute atomic E-state index is 12.5. The Morgan fingerprint density at radius 3 is 2.79 bits per heavy atom. The topological polar surface area (TPSA) is 71.1 Å². The Bertz CT molecular complexity index is 985. The van der Waals surface area contributed by atoms with E-state index in [1.807, 2.05) is 49.4 Å². The summed E-state index contributed by atoms with van der Waals surface area (Å²) >= 11 is 2.97. The zero-order valence-corrected chi connectivity index (χ0v) is 17.6. The molecule has 0 atom stereocenters. The molecule has 1 heterocycles. The molecule has 2 aromatic carbocycles. The summed E-state index contributed by atoms with van der Waals surface area (Å²) in [6.07, 6.45) is 2.06. The third-order valence-corrected chi connectivity index (χ3v) is 6.36. The highest BCUT2D eigenvalue weighted by atomic mass is 32.2. The van der Waals surface area contributed by atoms with Crippen LogP contribution in [-0.4, -0.2) is 29.1 Å². The number of rotatable bonds is 8. The van der Waals surface area contributed by atoms with Gasteiger partial charge in [-0.3, -0.25) is 9.59 Å². The SMILES string of the molecule is CCCCNC(=O)CSc1nc2ccc(NC(=O)c3ccccc3C)cc2s1. The molecule has 146 valence electrons. The van der Waals surface area contributed by atoms with Gasteiger partial charge < -0.3 is 10.6 Å². The first-order valence-electron chi connectivity index (χ1n) is 9.24. The minimum absolute atomic E-state index is 0.0314. The fourth-order valence-corrected chi connectivity index (χ4v) is 4.59. The second kappa shape index (κ2) is 9.71. The maximum atomic E-state index is 12.5. The fourth-order valence-electron chi connectivity index (χ4n) is 2.65. The van der Waals surface area contributed by atoms with Gasteiger partial charge in [0.05, 0.1) is 16.0 Å². The highest BCUT2D eigenvalue weighted by Gasteiger charge is 2.11. The Balaban J connectivity index is 1.63. The van der Waals surface area contributed by atoms with E-state index in [2.05, 4.69) is 22.5 Å². The molecule has 0 aliphatic carbocycles. The predicted molar refractivity (Wildman–Crippen MR) is 117 cm³/mol. The lowest BCUT2D eigenvalue weighted by atomic mass is 10.1. The number of nitrogens with zero attached hydrogens (tertiary/aromatic N) is 1. The maximum Gasteiger partial charge on any atom is 0.255 e. The number of carbonyl (C=O) groups is 2. The number of amides is 2. The number of hydrogen-bond acceptors (Lipinski definition) is 5. The molecule has 0 unspecified atom stereocenters. The van der Waals surface area contributed by atoms with E-state index in [4.69, 9.17) is 0 Å². The van der Waals surface area contributed by atoms with Crippen molar-refractivity contribution in [3.05, 3.63) is 53.6 Å². The summed E-state index contributed by atoms with van der Waals surface area (Å²) in [6, 6.07) is 13.2. The molecule has 28 heavy (non-hydrogen) atoms. The van der Waals surface area contributed by atoms with Crippen LogP contribution in [0.4, 0.5) is 5.69 Å². The number of nitrogens with one attached hydrogen (secondary N) is 2. The van der Waals surface area contributed by atoms with Gasteiger partial charge in [-0.25, -0.2) is 4.98 Å². The van der Waals surface area contributed by atoms with Gasteiger partial charge in [-0.1, -0.05) is 43.3 Å². The van der Waals surface area contributed by atoms with Gasteiger partial charge in [-0.2, -0.15) is 0 Å². The molecular formula is C21H23N3O2S2. The Kier molecular flexibility index (Phi) is 7.06. The van der Waals surface area contributed by atoms with Crippen LogP contribution in [0, 0.1) is 6.92 Å². The first kappa shape index (κ1) is 20.4. The predicted octanol–water partition coefficient (Wildman–Crippen LogP) is 4.87. The summed E-state index contributed by atoms with van der Waals surface area (Å²) in [5.41, 5.74) is 3.21. The highest BCUT2D eigenvalue weighted by Crippen LogP contribution is 2.31. The van der Waals surface area contributed by atoms with Crippen molar-refractivity contribution in [2.45, 2.75) is 31.0 Å². The lowest BCUT2D eigenvalue weighted by Gasteiger charge is -2.07. The fraction of sp³-hybridized carbons (Fsp3) is 0.286. The molecule has 2 N–H and O–H groups in total. The second-order valence-corrected chi connectivity index (χ2v) is 8.68. The van der Waals surface area contributed by atoms with E-state index in [1.54, 1.807) is 0 Å². The molecule has 0 radical (unpaired) electrons. The Labute approximate surface area is 172 Å². The number of anilines is 1. The second-order valence-electron chi connectivity index (χ2n) is 6.42. The standard InChI is InChI=1S/C21H23N3O2S2/c1-3-4-11-22-19(25)13-27-21-24-17-10-9-15(12-18(17)28-21)23-20(26)16-8-6-5-7-14(16)2/h5-10,12H,3-4,11,13H2,1-2H3,(H,22,25)(H,23,26). The summed E-state index contributed by atoms with van der Waals surface area (Å²) < 4.78 is 1.83. The van der Waals surface area contributed by atoms with Crippen LogP contribution in [0.15, 0.2) is 46.8 Å². The van der Waals surface area contributed by atoms with Gasteiger partial charge in [0.1, 0.15) is 0 Å². The molecule has 0 saturated heterocycles. The largest absolute Gasteiger partial charge is 0.355 e. The van der Waals surface area contributed by atoms with Crippen molar-refractivity contribution in [2.24, 2.45) is 0 Å². The number of benzene rings is 2. The van der Waals surface area contributed by atoms with Crippen LogP contribution in [0.3, 0.4) is 0 Å². The van der Waals surface area contributed by atoms with Crippen LogP contribution in [0.1, 0.15) is 35.7 Å². The van der Waals surface area contributed by atoms with Gasteiger partial charge in [0.15, 0.2) is 4.34 Å². The Morgan fingerprint density at radius 1 is 1.18 bits per heavy atom. The lowest BCUT2D eigenvalue weighted by Crippen LogP contribution is -2.25. The molecule has 7 heteroatoms. The van der Waals surface area contributed by atoms with Crippen molar-refractivity contribution in [3.8, 4) is 0 Å². The van der Waals surface area contributed by atoms with E-state index in [1.165, 1.54) is 23.1 Å². The molecule has 0 saturated carbocycles. The number of carbonyl (C=O) groups excluding carboxylic acids is 2. The number of aryl methyl sites for hydroxylation is 1. The normalized spacial score (nSPS) is 10.8. The molecule has 0 aliphatic heterocycles. The highest BCUT2D eigenvalue weighted by molar-refractivity contribution is 8.01. The molecule has 0 fully saturated rings. The molecule has 2 amide bonds. The van der Waals surface area contributed by atoms with Gasteiger partial charge in [0.25, 0.3) is 5.91 Å². The third-order valence-electron chi connectivity index (χ3n) is 4.20. The van der Waals surface area contributed by atoms with Crippen LogP contribution in [0.2, 0.25) is 0 Å². The quantitative estimate of drug-likeness (QED) is 0.408. The van der Waals surface area contributed by atoms with Crippen LogP contribution in [0.5, 0.6) is 0 Å². The minimum Gasteiger partial charge on any atom is -0.355 e. The summed E-state index contributed by atoms with van der Waals surface area (Å²) in [5.74, 6) is 0.268. The van der Waals surface area contributed by atoms with E-state index < -0.39 is 0 Å². The van der Waals surface area contributed by atoms with E-state index in [0.29, 0.717) is 11.3 Å². The third kappa shape index (κ3) is 5.33. The molecule has 3 aromatic rings. The van der Waals surface area contributed by atoms with E-state index >= 15 is 0 Å². The smallest absolute Gasteiger partial charge is 0.255 e. The number of unbranched alkanes of at least 4 members (excludes halogenated alkanes) is 1. The van der Waals surface area contributed by atoms with Crippen molar-refractivity contribution in [1.82, 2.24) is 10.3 Å². The first-order valence-corrected chi connectivity index (χ1v) is 11.0. The first-order chi connectivity index (χ1) is 13.6. The molecule has 0 spiro atoms. The number of hydrogen-bond donors (Lipinski definition) is 2. The molecular weight excluding hydrogens is 390 g/mol. The summed E-state index contributed by atoms with van der Waals surface area (Å²) in [4.78, 5) is 28.9. The monoisotopic (exact) mass is 413 g/mol. The average Bonchev–Trinajstić information content (AvgIpc) is 3.09. The lowest BCUT2D eigenvalue weighted by molar-refractivity contribution is -0.118. The van der Waals surface area contributed by atoms with Crippen molar-refractivity contribution in [1.29, 1.82) is 0 Å². The van der Waals surface area contributed by atoms with Crippen LogP contribution in [-0.2, 0) is 4.79 Å². The van der Waals surface area contributed by atoms with Crippen molar-refractivity contribution >= 4 is 50.8 Å². The van der Waals surface area contributed by atoms with E-state index in [-0.39, 0.29) is 11.8 Å². The van der Waals surface area contributed by atoms with Gasteiger partial charge in [0, 0.05) is 17.8 Å². The number of aromatic nitrogens is 1. The van der Waals surface area contributed by atoms with Crippen LogP contribution in [0.25, 0.3) is 10.2 Å². The van der Waals surface area contributed by atoms with Gasteiger partial charge in [-0.05, 0) is 43.2 Å². The van der Waals surface area contributed by atoms with Gasteiger partial charge in [-0.15, -0.1) is 11.3 Å². The Morgan fingerprint density at radius 2 is 2.00 bits per heavy atom. The minimum atomic E-state index is -0.125. The average molecular weight is 414 g/mol. The summed E-state index contributed by atoms with van der Waals surface area (Å²) in [6.45, 7) is 4.74. The van der Waals surface area contributed by atoms with Crippen LogP contribution < -0.4 is 10.6 Å². The Hall–Kier alpha value is -2.38. The van der Waals surface area contributed by atoms with Crippen molar-refractivity contribution < 1.29 is 9.59 Å². The van der Waals surface area contributed by atoms with E-state index in [9.17, 15) is 9.59 Å². The molecule has 3 rings (SSSR count). The molecule has 5 nitrogen and oxygen atoms in total. The number of fused-ring (bicyclic) bond motifs is 1. The molecule has 1 aromatic heterocycles. The van der Waals surface area contributed by atoms with Gasteiger partial charge >= 0.3 is 0 Å². The summed E-state index contributed by atoms with van der Waals surface area (Å²) in [5, 5.41) is 5.86. The zero-order valence-electron chi connectivity index (χ0n) is 16.0. The van der Waals surface area contributed by atoms with Crippen LogP contribution >= 0.6 is 23.1 Å². The number of thiazole rings is 1. The molecule has 0 aliphatic rings.